The summed E-state index contributed by atoms with van der Waals surface area (Å²) in [6.45, 7) is 19.3. The van der Waals surface area contributed by atoms with Gasteiger partial charge in [-0.1, -0.05) is 95.5 Å². The first-order valence-electron chi connectivity index (χ1n) is 15.9. The van der Waals surface area contributed by atoms with Gasteiger partial charge in [0.15, 0.2) is 12.5 Å². The summed E-state index contributed by atoms with van der Waals surface area (Å²) in [5.41, 5.74) is 6.49. The number of aryl methyl sites for hydroxylation is 1. The first-order valence-corrected chi connectivity index (χ1v) is 20.5. The second-order valence-corrected chi connectivity index (χ2v) is 20.7. The number of benzene rings is 3. The molecule has 0 aliphatic heterocycles. The Kier molecular flexibility index (Phi) is 12.7. The van der Waals surface area contributed by atoms with Gasteiger partial charge in [-0.05, 0) is 53.8 Å². The van der Waals surface area contributed by atoms with E-state index in [4.69, 9.17) is 4.98 Å². The van der Waals surface area contributed by atoms with Crippen LogP contribution in [0.5, 0.6) is 0 Å². The van der Waals surface area contributed by atoms with E-state index in [1.54, 1.807) is 0 Å². The fraction of sp³-hybridized carbons (Fsp3) is 0.385. The molecule has 0 amide bonds. The van der Waals surface area contributed by atoms with Gasteiger partial charge in [-0.3, -0.25) is 9.78 Å². The topological polar surface area (TPSA) is 50.2 Å². The third-order valence-corrected chi connectivity index (χ3v) is 11.1. The Balaban J connectivity index is 0.000000380. The Bertz CT molecular complexity index is 1860. The van der Waals surface area contributed by atoms with Gasteiger partial charge in [-0.25, -0.2) is 4.39 Å². The molecular formula is C39H47FIrNO2SSi-. The SMILES string of the molecule is CCC(CC)/C(O)=C/C(=O)CF.Cc1c(C[Si](C)(C)C)ccc2c1sc1c(-c3[c-]c4ccccc4c(C(C)(C)C)c3)nccc12.[Ir]. The number of thiophene rings is 1. The molecule has 2 heterocycles. The summed E-state index contributed by atoms with van der Waals surface area (Å²) >= 11 is 1.90. The molecule has 7 heteroatoms. The van der Waals surface area contributed by atoms with Crippen molar-refractivity contribution in [2.45, 2.75) is 85.5 Å². The first-order chi connectivity index (χ1) is 21.2. The summed E-state index contributed by atoms with van der Waals surface area (Å²) in [6, 6.07) is 22.7. The van der Waals surface area contributed by atoms with Crippen molar-refractivity contribution in [3.8, 4) is 11.3 Å². The number of carbonyl (C=O) groups excluding carboxylic acids is 1. The molecule has 46 heavy (non-hydrogen) atoms. The Morgan fingerprint density at radius 3 is 2.28 bits per heavy atom. The molecule has 5 rings (SSSR count). The normalized spacial score (nSPS) is 12.4. The molecule has 5 aromatic rings. The van der Waals surface area contributed by atoms with Crippen molar-refractivity contribution >= 4 is 56.1 Å². The average Bonchev–Trinajstić information content (AvgIpc) is 3.37. The zero-order valence-electron chi connectivity index (χ0n) is 28.6. The summed E-state index contributed by atoms with van der Waals surface area (Å²) in [5, 5.41) is 14.4. The number of aliphatic hydroxyl groups is 1. The van der Waals surface area contributed by atoms with Crippen molar-refractivity contribution in [3.63, 3.8) is 0 Å². The van der Waals surface area contributed by atoms with Gasteiger partial charge in [-0.15, -0.1) is 40.5 Å². The van der Waals surface area contributed by atoms with Crippen molar-refractivity contribution in [1.29, 1.82) is 0 Å². The average molecular weight is 833 g/mol. The number of fused-ring (bicyclic) bond motifs is 4. The minimum absolute atomic E-state index is 0. The van der Waals surface area contributed by atoms with E-state index in [0.29, 0.717) is 0 Å². The molecule has 0 bridgehead atoms. The van der Waals surface area contributed by atoms with E-state index in [-0.39, 0.29) is 37.2 Å². The van der Waals surface area contributed by atoms with Gasteiger partial charge in [0.25, 0.3) is 0 Å². The molecule has 0 spiro atoms. The molecule has 0 aliphatic rings. The molecule has 0 atom stereocenters. The Hall–Kier alpha value is -2.70. The van der Waals surface area contributed by atoms with E-state index < -0.39 is 20.5 Å². The first kappa shape index (κ1) is 37.8. The number of ketones is 1. The van der Waals surface area contributed by atoms with Gasteiger partial charge in [0.05, 0.1) is 5.76 Å². The maximum atomic E-state index is 11.7. The van der Waals surface area contributed by atoms with Crippen LogP contribution < -0.4 is 0 Å². The Morgan fingerprint density at radius 1 is 1.02 bits per heavy atom. The number of alkyl halides is 1. The van der Waals surface area contributed by atoms with Crippen LogP contribution in [0.2, 0.25) is 19.6 Å². The maximum Gasteiger partial charge on any atom is 0.189 e. The molecule has 0 saturated carbocycles. The number of halogens is 1. The molecule has 1 N–H and O–H groups in total. The Labute approximate surface area is 292 Å². The van der Waals surface area contributed by atoms with E-state index >= 15 is 0 Å². The third kappa shape index (κ3) is 8.60. The molecule has 0 fully saturated rings. The standard InChI is InChI=1S/C30H32NSSi.C9H15FO2.Ir/c1-19-21(18-33(5,6)7)12-13-24-25-14-15-31-27(29(25)32-28(19)24)22-16-20-10-8-9-11-23(20)26(17-22)30(2,3)4;1-3-7(4-2)9(12)5-8(11)6-10;/h8-15,17H,18H2,1-7H3;5,7,12H,3-4,6H2,1-2H3;/q-1;;/b;9-5-;. The minimum atomic E-state index is -1.18. The van der Waals surface area contributed by atoms with Crippen molar-refractivity contribution in [2.24, 2.45) is 5.92 Å². The molecule has 0 saturated heterocycles. The van der Waals surface area contributed by atoms with Gasteiger partial charge in [0.2, 0.25) is 0 Å². The van der Waals surface area contributed by atoms with Crippen molar-refractivity contribution in [1.82, 2.24) is 4.98 Å². The van der Waals surface area contributed by atoms with Gasteiger partial charge in [0.1, 0.15) is 0 Å². The van der Waals surface area contributed by atoms with Crippen molar-refractivity contribution < 1.29 is 34.4 Å². The summed E-state index contributed by atoms with van der Waals surface area (Å²) in [6.07, 6.45) is 4.48. The van der Waals surface area contributed by atoms with Crippen LogP contribution in [0.15, 0.2) is 66.6 Å². The Morgan fingerprint density at radius 2 is 1.67 bits per heavy atom. The van der Waals surface area contributed by atoms with Crippen LogP contribution in [0, 0.1) is 18.9 Å². The number of allylic oxidation sites excluding steroid dienone is 2. The molecule has 0 aliphatic carbocycles. The van der Waals surface area contributed by atoms with Crippen LogP contribution in [-0.4, -0.2) is 30.6 Å². The molecule has 3 aromatic carbocycles. The van der Waals surface area contributed by atoms with Crippen molar-refractivity contribution in [3.05, 3.63) is 89.3 Å². The van der Waals surface area contributed by atoms with Gasteiger partial charge < -0.3 is 5.11 Å². The van der Waals surface area contributed by atoms with Gasteiger partial charge >= 0.3 is 0 Å². The fourth-order valence-electron chi connectivity index (χ4n) is 5.90. The van der Waals surface area contributed by atoms with Crippen molar-refractivity contribution in [2.75, 3.05) is 6.67 Å². The number of hydrogen-bond acceptors (Lipinski definition) is 4. The number of aromatic nitrogens is 1. The summed E-state index contributed by atoms with van der Waals surface area (Å²) in [5.74, 6) is -0.678. The number of pyridine rings is 1. The summed E-state index contributed by atoms with van der Waals surface area (Å²) < 4.78 is 14.4. The predicted octanol–water partition coefficient (Wildman–Crippen LogP) is 11.5. The quantitative estimate of drug-likeness (QED) is 0.0733. The van der Waals surface area contributed by atoms with Crippen LogP contribution in [0.1, 0.15) is 64.2 Å². The van der Waals surface area contributed by atoms with E-state index in [9.17, 15) is 14.3 Å². The molecule has 0 unspecified atom stereocenters. The summed E-state index contributed by atoms with van der Waals surface area (Å²) in [7, 11) is -1.18. The fourth-order valence-corrected chi connectivity index (χ4v) is 8.75. The van der Waals surface area contributed by atoms with E-state index in [1.165, 1.54) is 48.3 Å². The number of hydrogen-bond donors (Lipinski definition) is 1. The molecule has 247 valence electrons. The van der Waals surface area contributed by atoms with E-state index in [0.717, 1.165) is 35.6 Å². The number of nitrogens with zero attached hydrogens (tertiary/aromatic N) is 1. The summed E-state index contributed by atoms with van der Waals surface area (Å²) in [4.78, 5) is 15.4. The molecule has 2 aromatic heterocycles. The second kappa shape index (κ2) is 15.5. The molecule has 3 nitrogen and oxygen atoms in total. The largest absolute Gasteiger partial charge is 0.512 e. The second-order valence-electron chi connectivity index (χ2n) is 14.2. The van der Waals surface area contributed by atoms with E-state index in [2.05, 4.69) is 102 Å². The van der Waals surface area contributed by atoms with Crippen LogP contribution in [0.4, 0.5) is 4.39 Å². The zero-order chi connectivity index (χ0) is 33.1. The maximum absolute atomic E-state index is 11.7. The van der Waals surface area contributed by atoms with Gasteiger partial charge in [0, 0.05) is 66.8 Å². The van der Waals surface area contributed by atoms with Crippen LogP contribution in [0.25, 0.3) is 42.2 Å². The zero-order valence-corrected chi connectivity index (χ0v) is 32.8. The molecule has 1 radical (unpaired) electrons. The minimum Gasteiger partial charge on any atom is -0.512 e. The number of rotatable bonds is 8. The predicted molar refractivity (Wildman–Crippen MR) is 195 cm³/mol. The van der Waals surface area contributed by atoms with Crippen LogP contribution in [0.3, 0.4) is 0 Å². The van der Waals surface area contributed by atoms with Crippen LogP contribution >= 0.6 is 11.3 Å². The third-order valence-electron chi connectivity index (χ3n) is 8.32. The smallest absolute Gasteiger partial charge is 0.189 e. The molecular weight excluding hydrogens is 786 g/mol. The van der Waals surface area contributed by atoms with Crippen LogP contribution in [-0.2, 0) is 36.4 Å². The van der Waals surface area contributed by atoms with Gasteiger partial charge in [-0.2, -0.15) is 0 Å². The number of carbonyl (C=O) groups is 1. The number of aliphatic hydroxyl groups excluding tert-OH is 1. The monoisotopic (exact) mass is 833 g/mol. The van der Waals surface area contributed by atoms with E-state index in [1.807, 2.05) is 31.4 Å².